The molecule has 1 aliphatic carbocycles. The Morgan fingerprint density at radius 2 is 2.32 bits per heavy atom. The average Bonchev–Trinajstić information content (AvgIpc) is 2.39. The van der Waals surface area contributed by atoms with Crippen LogP contribution in [0.25, 0.3) is 0 Å². The van der Waals surface area contributed by atoms with Gasteiger partial charge < -0.3 is 10.2 Å². The van der Waals surface area contributed by atoms with Gasteiger partial charge in [-0.1, -0.05) is 13.3 Å². The summed E-state index contributed by atoms with van der Waals surface area (Å²) in [5, 5.41) is 3.27. The molecule has 1 amide bonds. The van der Waals surface area contributed by atoms with Crippen molar-refractivity contribution >= 4 is 11.6 Å². The number of pyridine rings is 1. The summed E-state index contributed by atoms with van der Waals surface area (Å²) in [6.07, 6.45) is 8.27. The summed E-state index contributed by atoms with van der Waals surface area (Å²) in [6, 6.07) is 1.80. The molecule has 1 fully saturated rings. The Morgan fingerprint density at radius 3 is 2.95 bits per heavy atom. The van der Waals surface area contributed by atoms with Gasteiger partial charge in [0.2, 0.25) is 0 Å². The Kier molecular flexibility index (Phi) is 4.77. The highest BCUT2D eigenvalue weighted by Gasteiger charge is 2.23. The second-order valence-electron chi connectivity index (χ2n) is 5.33. The van der Waals surface area contributed by atoms with Crippen molar-refractivity contribution in [2.75, 3.05) is 25.5 Å². The molecule has 0 aromatic carbocycles. The maximum absolute atomic E-state index is 12.5. The lowest BCUT2D eigenvalue weighted by Gasteiger charge is -2.30. The number of rotatable bonds is 6. The predicted octanol–water partition coefficient (Wildman–Crippen LogP) is 2.78. The molecule has 0 unspecified atom stereocenters. The highest BCUT2D eigenvalue weighted by molar-refractivity contribution is 5.99. The Morgan fingerprint density at radius 1 is 1.53 bits per heavy atom. The number of carbonyl (C=O) groups is 1. The Bertz CT molecular complexity index is 429. The van der Waals surface area contributed by atoms with Crippen molar-refractivity contribution < 1.29 is 4.79 Å². The molecular formula is C15H23N3O. The van der Waals surface area contributed by atoms with Crippen LogP contribution in [0.4, 0.5) is 5.69 Å². The van der Waals surface area contributed by atoms with Crippen LogP contribution in [0, 0.1) is 5.92 Å². The van der Waals surface area contributed by atoms with Crippen molar-refractivity contribution in [3.63, 3.8) is 0 Å². The molecule has 0 saturated heterocycles. The lowest BCUT2D eigenvalue weighted by Crippen LogP contribution is -2.34. The van der Waals surface area contributed by atoms with Crippen LogP contribution in [-0.4, -0.2) is 35.9 Å². The fourth-order valence-corrected chi connectivity index (χ4v) is 2.33. The van der Waals surface area contributed by atoms with Crippen molar-refractivity contribution in [2.24, 2.45) is 5.92 Å². The van der Waals surface area contributed by atoms with E-state index in [0.717, 1.165) is 30.8 Å². The maximum Gasteiger partial charge on any atom is 0.255 e. The molecule has 2 rings (SSSR count). The second-order valence-corrected chi connectivity index (χ2v) is 5.33. The van der Waals surface area contributed by atoms with E-state index in [1.807, 2.05) is 11.9 Å². The third kappa shape index (κ3) is 3.46. The molecule has 1 aromatic heterocycles. The van der Waals surface area contributed by atoms with Gasteiger partial charge in [0.15, 0.2) is 0 Å². The first kappa shape index (κ1) is 13.8. The molecule has 1 aliphatic rings. The smallest absolute Gasteiger partial charge is 0.255 e. The molecule has 1 N–H and O–H groups in total. The van der Waals surface area contributed by atoms with Crippen LogP contribution in [-0.2, 0) is 0 Å². The van der Waals surface area contributed by atoms with Crippen molar-refractivity contribution in [1.29, 1.82) is 0 Å². The van der Waals surface area contributed by atoms with E-state index < -0.39 is 0 Å². The molecule has 19 heavy (non-hydrogen) atoms. The van der Waals surface area contributed by atoms with Gasteiger partial charge in [-0.3, -0.25) is 9.78 Å². The minimum Gasteiger partial charge on any atom is -0.383 e. The summed E-state index contributed by atoms with van der Waals surface area (Å²) in [5.74, 6) is 0.788. The Balaban J connectivity index is 2.04. The van der Waals surface area contributed by atoms with E-state index in [1.165, 1.54) is 19.3 Å². The van der Waals surface area contributed by atoms with E-state index in [2.05, 4.69) is 17.2 Å². The van der Waals surface area contributed by atoms with E-state index in [0.29, 0.717) is 5.92 Å². The number of anilines is 1. The Hall–Kier alpha value is -1.58. The molecule has 1 aromatic rings. The molecule has 0 bridgehead atoms. The predicted molar refractivity (Wildman–Crippen MR) is 77.3 cm³/mol. The number of hydrogen-bond donors (Lipinski definition) is 1. The summed E-state index contributed by atoms with van der Waals surface area (Å²) in [6.45, 7) is 3.83. The number of nitrogens with one attached hydrogen (secondary N) is 1. The lowest BCUT2D eigenvalue weighted by atomic mass is 9.85. The molecule has 4 heteroatoms. The Labute approximate surface area is 115 Å². The number of aromatic nitrogens is 1. The fraction of sp³-hybridized carbons (Fsp3) is 0.600. The van der Waals surface area contributed by atoms with Crippen molar-refractivity contribution in [2.45, 2.75) is 32.6 Å². The van der Waals surface area contributed by atoms with Gasteiger partial charge in [-0.05, 0) is 31.2 Å². The van der Waals surface area contributed by atoms with Crippen LogP contribution in [0.2, 0.25) is 0 Å². The highest BCUT2D eigenvalue weighted by atomic mass is 16.2. The largest absolute Gasteiger partial charge is 0.383 e. The highest BCUT2D eigenvalue weighted by Crippen LogP contribution is 2.27. The number of carbonyl (C=O) groups excluding carboxylic acids is 1. The van der Waals surface area contributed by atoms with Gasteiger partial charge in [0, 0.05) is 26.3 Å². The van der Waals surface area contributed by atoms with Gasteiger partial charge in [0.25, 0.3) is 5.91 Å². The van der Waals surface area contributed by atoms with E-state index in [-0.39, 0.29) is 5.91 Å². The van der Waals surface area contributed by atoms with Crippen LogP contribution in [0.5, 0.6) is 0 Å². The first-order valence-electron chi connectivity index (χ1n) is 7.15. The molecule has 0 atom stereocenters. The standard InChI is InChI=1S/C15H23N3O/c1-3-8-17-14-10-16-9-7-13(14)15(19)18(2)11-12-5-4-6-12/h7,9-10,12,17H,3-6,8,11H2,1-2H3. The van der Waals surface area contributed by atoms with E-state index >= 15 is 0 Å². The lowest BCUT2D eigenvalue weighted by molar-refractivity contribution is 0.0746. The van der Waals surface area contributed by atoms with Crippen LogP contribution < -0.4 is 5.32 Å². The normalized spacial score (nSPS) is 14.8. The SMILES string of the molecule is CCCNc1cnccc1C(=O)N(C)CC1CCC1. The second kappa shape index (κ2) is 6.55. The van der Waals surface area contributed by atoms with Crippen LogP contribution in [0.3, 0.4) is 0 Å². The number of nitrogens with zero attached hydrogens (tertiary/aromatic N) is 2. The third-order valence-corrected chi connectivity index (χ3v) is 3.72. The first-order valence-corrected chi connectivity index (χ1v) is 7.15. The third-order valence-electron chi connectivity index (χ3n) is 3.72. The van der Waals surface area contributed by atoms with Crippen LogP contribution in [0.15, 0.2) is 18.5 Å². The summed E-state index contributed by atoms with van der Waals surface area (Å²) in [7, 11) is 1.89. The topological polar surface area (TPSA) is 45.2 Å². The van der Waals surface area contributed by atoms with Gasteiger partial charge in [0.05, 0.1) is 17.4 Å². The fourth-order valence-electron chi connectivity index (χ4n) is 2.33. The van der Waals surface area contributed by atoms with Crippen molar-refractivity contribution in [3.8, 4) is 0 Å². The van der Waals surface area contributed by atoms with Gasteiger partial charge in [-0.15, -0.1) is 0 Å². The van der Waals surface area contributed by atoms with Crippen molar-refractivity contribution in [1.82, 2.24) is 9.88 Å². The molecule has 0 radical (unpaired) electrons. The van der Waals surface area contributed by atoms with E-state index in [4.69, 9.17) is 0 Å². The summed E-state index contributed by atoms with van der Waals surface area (Å²) in [4.78, 5) is 18.4. The molecule has 1 saturated carbocycles. The maximum atomic E-state index is 12.5. The summed E-state index contributed by atoms with van der Waals surface area (Å²) >= 11 is 0. The average molecular weight is 261 g/mol. The van der Waals surface area contributed by atoms with Gasteiger partial charge in [-0.2, -0.15) is 0 Å². The molecule has 1 heterocycles. The van der Waals surface area contributed by atoms with Gasteiger partial charge >= 0.3 is 0 Å². The molecule has 104 valence electrons. The first-order chi connectivity index (χ1) is 9.22. The molecule has 4 nitrogen and oxygen atoms in total. The van der Waals surface area contributed by atoms with Crippen LogP contribution >= 0.6 is 0 Å². The zero-order valence-corrected chi connectivity index (χ0v) is 11.9. The quantitative estimate of drug-likeness (QED) is 0.856. The number of amides is 1. The molecular weight excluding hydrogens is 238 g/mol. The molecule has 0 aliphatic heterocycles. The summed E-state index contributed by atoms with van der Waals surface area (Å²) in [5.41, 5.74) is 1.57. The van der Waals surface area contributed by atoms with Crippen LogP contribution in [0.1, 0.15) is 43.0 Å². The van der Waals surface area contributed by atoms with Gasteiger partial charge in [-0.25, -0.2) is 0 Å². The minimum atomic E-state index is 0.0907. The number of hydrogen-bond acceptors (Lipinski definition) is 3. The van der Waals surface area contributed by atoms with E-state index in [1.54, 1.807) is 18.5 Å². The van der Waals surface area contributed by atoms with Gasteiger partial charge in [0.1, 0.15) is 0 Å². The van der Waals surface area contributed by atoms with Crippen molar-refractivity contribution in [3.05, 3.63) is 24.0 Å². The van der Waals surface area contributed by atoms with E-state index in [9.17, 15) is 4.79 Å². The monoisotopic (exact) mass is 261 g/mol. The summed E-state index contributed by atoms with van der Waals surface area (Å²) < 4.78 is 0. The zero-order chi connectivity index (χ0) is 13.7. The molecule has 0 spiro atoms. The zero-order valence-electron chi connectivity index (χ0n) is 11.9. The minimum absolute atomic E-state index is 0.0907.